The highest BCUT2D eigenvalue weighted by Crippen LogP contribution is 2.21. The van der Waals surface area contributed by atoms with Gasteiger partial charge in [-0.05, 0) is 12.1 Å². The van der Waals surface area contributed by atoms with Crippen LogP contribution in [0.4, 0.5) is 0 Å². The van der Waals surface area contributed by atoms with Gasteiger partial charge in [-0.25, -0.2) is 0 Å². The van der Waals surface area contributed by atoms with Crippen LogP contribution in [0.15, 0.2) is 34.7 Å². The van der Waals surface area contributed by atoms with Gasteiger partial charge in [-0.3, -0.25) is 4.79 Å². The second kappa shape index (κ2) is 5.35. The predicted molar refractivity (Wildman–Crippen MR) is 75.7 cm³/mol. The molecule has 1 fully saturated rings. The molecule has 19 heavy (non-hydrogen) atoms. The van der Waals surface area contributed by atoms with Gasteiger partial charge in [0.25, 0.3) is 5.91 Å². The molecule has 1 aliphatic heterocycles. The number of rotatable bonds is 2. The van der Waals surface area contributed by atoms with Gasteiger partial charge in [0, 0.05) is 23.8 Å². The van der Waals surface area contributed by atoms with E-state index in [4.69, 9.17) is 9.15 Å². The number of para-hydroxylation sites is 1. The second-order valence-corrected chi connectivity index (χ2v) is 5.19. The first-order valence-corrected chi connectivity index (χ1v) is 7.35. The molecule has 2 aromatic rings. The average Bonchev–Trinajstić information content (AvgIpc) is 2.90. The molecule has 1 amide bonds. The topological polar surface area (TPSA) is 42.7 Å². The minimum atomic E-state index is -0.0644. The number of benzene rings is 1. The Hall–Kier alpha value is -1.33. The fourth-order valence-corrected chi connectivity index (χ4v) is 2.63. The largest absolute Gasteiger partial charge is 0.451 e. The lowest BCUT2D eigenvalue weighted by molar-refractivity contribution is -0.0107. The third-order valence-corrected chi connectivity index (χ3v) is 3.96. The molecular weight excluding hydrogens is 310 g/mol. The normalized spacial score (nSPS) is 19.8. The molecule has 0 spiro atoms. The van der Waals surface area contributed by atoms with Gasteiger partial charge < -0.3 is 14.1 Å². The van der Waals surface area contributed by atoms with Crippen molar-refractivity contribution in [2.24, 2.45) is 0 Å². The highest BCUT2D eigenvalue weighted by Gasteiger charge is 2.26. The van der Waals surface area contributed by atoms with Crippen molar-refractivity contribution in [3.63, 3.8) is 0 Å². The number of hydrogen-bond acceptors (Lipinski definition) is 3. The molecule has 1 unspecified atom stereocenters. The molecule has 2 heterocycles. The van der Waals surface area contributed by atoms with Crippen molar-refractivity contribution in [1.29, 1.82) is 0 Å². The van der Waals surface area contributed by atoms with E-state index in [9.17, 15) is 4.79 Å². The molecule has 4 nitrogen and oxygen atoms in total. The SMILES string of the molecule is O=C(c1cc2ccccc2o1)N1CCOC(CBr)C1. The van der Waals surface area contributed by atoms with Gasteiger partial charge >= 0.3 is 0 Å². The second-order valence-electron chi connectivity index (χ2n) is 4.55. The van der Waals surface area contributed by atoms with Crippen molar-refractivity contribution in [3.05, 3.63) is 36.1 Å². The van der Waals surface area contributed by atoms with Crippen molar-refractivity contribution in [2.75, 3.05) is 25.0 Å². The van der Waals surface area contributed by atoms with Crippen molar-refractivity contribution in [3.8, 4) is 0 Å². The van der Waals surface area contributed by atoms with Crippen LogP contribution in [0, 0.1) is 0 Å². The number of nitrogens with zero attached hydrogens (tertiary/aromatic N) is 1. The van der Waals surface area contributed by atoms with E-state index in [1.54, 1.807) is 11.0 Å². The van der Waals surface area contributed by atoms with Gasteiger partial charge in [0.1, 0.15) is 5.58 Å². The number of morpholine rings is 1. The summed E-state index contributed by atoms with van der Waals surface area (Å²) in [6.07, 6.45) is 0.0575. The highest BCUT2D eigenvalue weighted by molar-refractivity contribution is 9.09. The minimum Gasteiger partial charge on any atom is -0.451 e. The lowest BCUT2D eigenvalue weighted by Crippen LogP contribution is -2.46. The van der Waals surface area contributed by atoms with Crippen LogP contribution in [0.3, 0.4) is 0 Å². The summed E-state index contributed by atoms with van der Waals surface area (Å²) in [5.41, 5.74) is 0.746. The van der Waals surface area contributed by atoms with Crippen molar-refractivity contribution in [1.82, 2.24) is 4.90 Å². The van der Waals surface area contributed by atoms with E-state index in [1.165, 1.54) is 0 Å². The minimum absolute atomic E-state index is 0.0575. The molecular formula is C14H14BrNO3. The summed E-state index contributed by atoms with van der Waals surface area (Å²) in [5, 5.41) is 1.69. The van der Waals surface area contributed by atoms with E-state index < -0.39 is 0 Å². The van der Waals surface area contributed by atoms with E-state index in [0.29, 0.717) is 25.5 Å². The molecule has 1 aliphatic rings. The Bertz CT molecular complexity index is 562. The fraction of sp³-hybridized carbons (Fsp3) is 0.357. The number of furan rings is 1. The van der Waals surface area contributed by atoms with Gasteiger partial charge in [-0.15, -0.1) is 0 Å². The summed E-state index contributed by atoms with van der Waals surface area (Å²) in [5.74, 6) is 0.335. The number of carbonyl (C=O) groups is 1. The molecule has 1 atom stereocenters. The molecule has 1 aromatic carbocycles. The Labute approximate surface area is 119 Å². The predicted octanol–water partition coefficient (Wildman–Crippen LogP) is 2.67. The lowest BCUT2D eigenvalue weighted by Gasteiger charge is -2.31. The zero-order chi connectivity index (χ0) is 13.2. The van der Waals surface area contributed by atoms with E-state index in [-0.39, 0.29) is 12.0 Å². The van der Waals surface area contributed by atoms with Gasteiger partial charge in [-0.2, -0.15) is 0 Å². The molecule has 0 aliphatic carbocycles. The van der Waals surface area contributed by atoms with Crippen LogP contribution in [-0.2, 0) is 4.74 Å². The molecule has 5 heteroatoms. The summed E-state index contributed by atoms with van der Waals surface area (Å²) in [7, 11) is 0. The number of alkyl halides is 1. The fourth-order valence-electron chi connectivity index (χ4n) is 2.24. The quantitative estimate of drug-likeness (QED) is 0.798. The summed E-state index contributed by atoms with van der Waals surface area (Å²) in [6.45, 7) is 1.78. The van der Waals surface area contributed by atoms with Crippen molar-refractivity contribution >= 4 is 32.8 Å². The first-order valence-electron chi connectivity index (χ1n) is 6.23. The summed E-state index contributed by atoms with van der Waals surface area (Å²) in [6, 6.07) is 9.44. The Morgan fingerprint density at radius 2 is 2.26 bits per heavy atom. The van der Waals surface area contributed by atoms with Crippen molar-refractivity contribution in [2.45, 2.75) is 6.10 Å². The van der Waals surface area contributed by atoms with Crippen LogP contribution in [0.5, 0.6) is 0 Å². The summed E-state index contributed by atoms with van der Waals surface area (Å²) in [4.78, 5) is 14.2. The standard InChI is InChI=1S/C14H14BrNO3/c15-8-11-9-16(5-6-18-11)14(17)13-7-10-3-1-2-4-12(10)19-13/h1-4,7,11H,5-6,8-9H2. The van der Waals surface area contributed by atoms with E-state index >= 15 is 0 Å². The lowest BCUT2D eigenvalue weighted by atomic mass is 10.2. The number of hydrogen-bond donors (Lipinski definition) is 0. The number of carbonyl (C=O) groups excluding carboxylic acids is 1. The number of amides is 1. The van der Waals surface area contributed by atoms with Crippen molar-refractivity contribution < 1.29 is 13.9 Å². The monoisotopic (exact) mass is 323 g/mol. The highest BCUT2D eigenvalue weighted by atomic mass is 79.9. The molecule has 3 rings (SSSR count). The van der Waals surface area contributed by atoms with E-state index in [0.717, 1.165) is 16.3 Å². The molecule has 0 radical (unpaired) electrons. The van der Waals surface area contributed by atoms with Crippen LogP contribution < -0.4 is 0 Å². The first kappa shape index (κ1) is 12.7. The summed E-state index contributed by atoms with van der Waals surface area (Å²) < 4.78 is 11.1. The van der Waals surface area contributed by atoms with E-state index in [2.05, 4.69) is 15.9 Å². The molecule has 0 bridgehead atoms. The zero-order valence-electron chi connectivity index (χ0n) is 10.3. The van der Waals surface area contributed by atoms with Gasteiger partial charge in [-0.1, -0.05) is 34.1 Å². The van der Waals surface area contributed by atoms with Crippen LogP contribution in [0.25, 0.3) is 11.0 Å². The maximum Gasteiger partial charge on any atom is 0.289 e. The maximum absolute atomic E-state index is 12.4. The molecule has 0 saturated carbocycles. The van der Waals surface area contributed by atoms with Crippen LogP contribution >= 0.6 is 15.9 Å². The third kappa shape index (κ3) is 2.53. The first-order chi connectivity index (χ1) is 9.28. The Kier molecular flexibility index (Phi) is 3.57. The number of halogens is 1. The van der Waals surface area contributed by atoms with Gasteiger partial charge in [0.05, 0.1) is 12.7 Å². The number of ether oxygens (including phenoxy) is 1. The molecule has 100 valence electrons. The number of fused-ring (bicyclic) bond motifs is 1. The van der Waals surface area contributed by atoms with E-state index in [1.807, 2.05) is 24.3 Å². The Morgan fingerprint density at radius 3 is 3.05 bits per heavy atom. The average molecular weight is 324 g/mol. The molecule has 1 aromatic heterocycles. The maximum atomic E-state index is 12.4. The Balaban J connectivity index is 1.82. The Morgan fingerprint density at radius 1 is 1.42 bits per heavy atom. The van der Waals surface area contributed by atoms with Crippen LogP contribution in [0.1, 0.15) is 10.6 Å². The van der Waals surface area contributed by atoms with Crippen LogP contribution in [0.2, 0.25) is 0 Å². The van der Waals surface area contributed by atoms with Gasteiger partial charge in [0.2, 0.25) is 0 Å². The third-order valence-electron chi connectivity index (χ3n) is 3.23. The molecule has 0 N–H and O–H groups in total. The van der Waals surface area contributed by atoms with Crippen LogP contribution in [-0.4, -0.2) is 41.9 Å². The zero-order valence-corrected chi connectivity index (χ0v) is 11.9. The van der Waals surface area contributed by atoms with Gasteiger partial charge in [0.15, 0.2) is 5.76 Å². The smallest absolute Gasteiger partial charge is 0.289 e. The molecule has 1 saturated heterocycles. The summed E-state index contributed by atoms with van der Waals surface area (Å²) >= 11 is 3.39.